The third-order valence-corrected chi connectivity index (χ3v) is 5.70. The Hall–Kier alpha value is -0.390. The fourth-order valence-corrected chi connectivity index (χ4v) is 4.60. The first kappa shape index (κ1) is 16.0. The second-order valence-electron chi connectivity index (χ2n) is 5.70. The zero-order valence-electron chi connectivity index (χ0n) is 12.2. The van der Waals surface area contributed by atoms with Crippen molar-refractivity contribution < 1.29 is 4.79 Å². The normalized spacial score (nSPS) is 22.8. The number of hydrogen-bond donors (Lipinski definition) is 1. The number of amides is 1. The molecule has 0 bridgehead atoms. The molecule has 1 saturated heterocycles. The number of halogens is 1. The highest BCUT2D eigenvalue weighted by Crippen LogP contribution is 2.34. The summed E-state index contributed by atoms with van der Waals surface area (Å²) in [4.78, 5) is 16.0. The van der Waals surface area contributed by atoms with Gasteiger partial charge in [-0.15, -0.1) is 11.3 Å². The maximum atomic E-state index is 12.9. The lowest BCUT2D eigenvalue weighted by Crippen LogP contribution is -2.50. The number of hydrogen-bond acceptors (Lipinski definition) is 3. The van der Waals surface area contributed by atoms with Crippen molar-refractivity contribution in [3.05, 3.63) is 20.8 Å². The van der Waals surface area contributed by atoms with Crippen molar-refractivity contribution in [2.45, 2.75) is 39.2 Å². The Balaban J connectivity index is 2.06. The van der Waals surface area contributed by atoms with E-state index in [0.717, 1.165) is 43.2 Å². The topological polar surface area (TPSA) is 32.3 Å². The second-order valence-corrected chi connectivity index (χ2v) is 7.61. The van der Waals surface area contributed by atoms with Crippen LogP contribution in [0, 0.1) is 5.41 Å². The molecule has 3 nitrogen and oxygen atoms in total. The van der Waals surface area contributed by atoms with Gasteiger partial charge in [-0.05, 0) is 47.8 Å². The maximum absolute atomic E-state index is 12.9. The lowest BCUT2D eigenvalue weighted by molar-refractivity contribution is -0.143. The summed E-state index contributed by atoms with van der Waals surface area (Å²) in [6.45, 7) is 4.75. The van der Waals surface area contributed by atoms with Crippen molar-refractivity contribution in [2.75, 3.05) is 20.1 Å². The number of carbonyl (C=O) groups excluding carboxylic acids is 1. The van der Waals surface area contributed by atoms with Crippen LogP contribution in [0.1, 0.15) is 37.5 Å². The molecule has 1 aliphatic heterocycles. The Bertz CT molecular complexity index is 449. The first-order chi connectivity index (χ1) is 9.57. The average molecular weight is 359 g/mol. The fourth-order valence-electron chi connectivity index (χ4n) is 3.10. The van der Waals surface area contributed by atoms with Crippen molar-refractivity contribution >= 4 is 33.2 Å². The van der Waals surface area contributed by atoms with Crippen molar-refractivity contribution in [1.29, 1.82) is 0 Å². The van der Waals surface area contributed by atoms with Crippen LogP contribution in [0.5, 0.6) is 0 Å². The van der Waals surface area contributed by atoms with Gasteiger partial charge in [0.25, 0.3) is 0 Å². The van der Waals surface area contributed by atoms with Gasteiger partial charge in [0.1, 0.15) is 0 Å². The van der Waals surface area contributed by atoms with E-state index in [1.165, 1.54) is 4.88 Å². The molecule has 0 aliphatic carbocycles. The van der Waals surface area contributed by atoms with E-state index in [2.05, 4.69) is 39.6 Å². The van der Waals surface area contributed by atoms with E-state index < -0.39 is 0 Å². The molecule has 0 radical (unpaired) electrons. The molecule has 1 aromatic heterocycles. The van der Waals surface area contributed by atoms with Crippen molar-refractivity contribution in [2.24, 2.45) is 5.41 Å². The van der Waals surface area contributed by atoms with Crippen LogP contribution in [0.25, 0.3) is 0 Å². The van der Waals surface area contributed by atoms with Crippen molar-refractivity contribution in [3.63, 3.8) is 0 Å². The molecule has 5 heteroatoms. The maximum Gasteiger partial charge on any atom is 0.230 e. The molecule has 1 aromatic rings. The van der Waals surface area contributed by atoms with Crippen LogP contribution in [0.15, 0.2) is 15.9 Å². The van der Waals surface area contributed by atoms with Gasteiger partial charge in [-0.1, -0.05) is 13.3 Å². The first-order valence-corrected chi connectivity index (χ1v) is 8.94. The van der Waals surface area contributed by atoms with Gasteiger partial charge in [-0.2, -0.15) is 0 Å². The van der Waals surface area contributed by atoms with Crippen LogP contribution in [0.2, 0.25) is 0 Å². The number of nitrogens with one attached hydrogen (secondary N) is 1. The molecule has 2 rings (SSSR count). The van der Waals surface area contributed by atoms with Crippen LogP contribution in [-0.2, 0) is 11.3 Å². The minimum absolute atomic E-state index is 0.184. The number of nitrogens with zero attached hydrogens (tertiary/aromatic N) is 1. The number of carbonyl (C=O) groups is 1. The Labute approximate surface area is 133 Å². The van der Waals surface area contributed by atoms with Crippen LogP contribution < -0.4 is 5.32 Å². The van der Waals surface area contributed by atoms with E-state index in [-0.39, 0.29) is 5.41 Å². The summed E-state index contributed by atoms with van der Waals surface area (Å²) in [7, 11) is 1.93. The molecule has 112 valence electrons. The van der Waals surface area contributed by atoms with Gasteiger partial charge in [0.15, 0.2) is 0 Å². The van der Waals surface area contributed by atoms with Gasteiger partial charge >= 0.3 is 0 Å². The number of thiophene rings is 1. The Morgan fingerprint density at radius 1 is 1.60 bits per heavy atom. The standard InChI is InChI=1S/C15H23BrN2OS/c1-3-5-15(6-4-7-17-11-15)14(19)18(2)9-13-8-12(16)10-20-13/h8,10,17H,3-7,9,11H2,1-2H3. The Kier molecular flexibility index (Phi) is 5.64. The van der Waals surface area contributed by atoms with E-state index >= 15 is 0 Å². The number of piperidine rings is 1. The fraction of sp³-hybridized carbons (Fsp3) is 0.667. The highest BCUT2D eigenvalue weighted by molar-refractivity contribution is 9.10. The van der Waals surface area contributed by atoms with Gasteiger partial charge in [0.2, 0.25) is 5.91 Å². The van der Waals surface area contributed by atoms with Crippen LogP contribution in [0.3, 0.4) is 0 Å². The lowest BCUT2D eigenvalue weighted by Gasteiger charge is -2.39. The summed E-state index contributed by atoms with van der Waals surface area (Å²) in [5.41, 5.74) is -0.184. The third-order valence-electron chi connectivity index (χ3n) is 4.02. The van der Waals surface area contributed by atoms with Crippen molar-refractivity contribution in [3.8, 4) is 0 Å². The summed E-state index contributed by atoms with van der Waals surface area (Å²) >= 11 is 5.17. The smallest absolute Gasteiger partial charge is 0.230 e. The quantitative estimate of drug-likeness (QED) is 0.871. The van der Waals surface area contributed by atoms with E-state index in [4.69, 9.17) is 0 Å². The monoisotopic (exact) mass is 358 g/mol. The summed E-state index contributed by atoms with van der Waals surface area (Å²) in [6, 6.07) is 2.10. The molecule has 1 atom stereocenters. The predicted octanol–water partition coefficient (Wildman–Crippen LogP) is 3.64. The van der Waals surface area contributed by atoms with E-state index in [1.54, 1.807) is 11.3 Å². The van der Waals surface area contributed by atoms with Gasteiger partial charge in [0.05, 0.1) is 12.0 Å². The number of rotatable bonds is 5. The lowest BCUT2D eigenvalue weighted by atomic mass is 9.76. The zero-order chi connectivity index (χ0) is 14.6. The van der Waals surface area contributed by atoms with Gasteiger partial charge in [-0.25, -0.2) is 0 Å². The molecule has 1 fully saturated rings. The molecule has 0 aromatic carbocycles. The van der Waals surface area contributed by atoms with E-state index in [9.17, 15) is 4.79 Å². The Morgan fingerprint density at radius 3 is 2.95 bits per heavy atom. The largest absolute Gasteiger partial charge is 0.340 e. The second kappa shape index (κ2) is 7.05. The SMILES string of the molecule is CCCC1(C(=O)N(C)Cc2cc(Br)cs2)CCCNC1. The molecule has 0 spiro atoms. The Morgan fingerprint density at radius 2 is 2.40 bits per heavy atom. The first-order valence-electron chi connectivity index (χ1n) is 7.26. The van der Waals surface area contributed by atoms with Crippen LogP contribution in [-0.4, -0.2) is 30.9 Å². The summed E-state index contributed by atoms with van der Waals surface area (Å²) in [5.74, 6) is 0.302. The molecule has 2 heterocycles. The van der Waals surface area contributed by atoms with Gasteiger partial charge in [-0.3, -0.25) is 4.79 Å². The molecule has 1 N–H and O–H groups in total. The molecule has 1 unspecified atom stereocenters. The van der Waals surface area contributed by atoms with Crippen LogP contribution in [0.4, 0.5) is 0 Å². The molecule has 0 saturated carbocycles. The average Bonchev–Trinajstić information content (AvgIpc) is 2.84. The molecule has 1 aliphatic rings. The molecule has 1 amide bonds. The van der Waals surface area contributed by atoms with Crippen LogP contribution >= 0.6 is 27.3 Å². The van der Waals surface area contributed by atoms with Gasteiger partial charge < -0.3 is 10.2 Å². The molecular weight excluding hydrogens is 336 g/mol. The minimum atomic E-state index is -0.184. The third kappa shape index (κ3) is 3.62. The van der Waals surface area contributed by atoms with Gasteiger partial charge in [0, 0.05) is 28.3 Å². The summed E-state index contributed by atoms with van der Waals surface area (Å²) < 4.78 is 1.10. The predicted molar refractivity (Wildman–Crippen MR) is 87.9 cm³/mol. The van der Waals surface area contributed by atoms with E-state index in [0.29, 0.717) is 12.5 Å². The summed E-state index contributed by atoms with van der Waals surface area (Å²) in [5, 5.41) is 5.48. The highest BCUT2D eigenvalue weighted by atomic mass is 79.9. The molecular formula is C15H23BrN2OS. The summed E-state index contributed by atoms with van der Waals surface area (Å²) in [6.07, 6.45) is 4.17. The molecule has 20 heavy (non-hydrogen) atoms. The highest BCUT2D eigenvalue weighted by Gasteiger charge is 2.40. The minimum Gasteiger partial charge on any atom is -0.340 e. The zero-order valence-corrected chi connectivity index (χ0v) is 14.6. The van der Waals surface area contributed by atoms with Crippen molar-refractivity contribution in [1.82, 2.24) is 10.2 Å². The van der Waals surface area contributed by atoms with E-state index in [1.807, 2.05) is 11.9 Å².